The Labute approximate surface area is 77.1 Å². The minimum absolute atomic E-state index is 0.389. The van der Waals surface area contributed by atoms with Gasteiger partial charge in [0, 0.05) is 13.2 Å². The SMILES string of the molecule is CSC(=S)NCC1CCCO1. The van der Waals surface area contributed by atoms with Crippen molar-refractivity contribution in [2.24, 2.45) is 0 Å². The van der Waals surface area contributed by atoms with Crippen LogP contribution in [0.25, 0.3) is 0 Å². The minimum Gasteiger partial charge on any atom is -0.376 e. The number of thioether (sulfide) groups is 1. The molecule has 0 saturated carbocycles. The van der Waals surface area contributed by atoms with E-state index in [-0.39, 0.29) is 0 Å². The minimum atomic E-state index is 0.389. The van der Waals surface area contributed by atoms with E-state index in [1.54, 1.807) is 11.8 Å². The summed E-state index contributed by atoms with van der Waals surface area (Å²) < 4.78 is 6.28. The summed E-state index contributed by atoms with van der Waals surface area (Å²) >= 11 is 6.56. The van der Waals surface area contributed by atoms with E-state index in [4.69, 9.17) is 17.0 Å². The number of nitrogens with one attached hydrogen (secondary N) is 1. The first-order valence-electron chi connectivity index (χ1n) is 3.76. The molecule has 0 spiro atoms. The maximum absolute atomic E-state index is 5.42. The third-order valence-electron chi connectivity index (χ3n) is 1.68. The van der Waals surface area contributed by atoms with Crippen LogP contribution < -0.4 is 5.32 Å². The predicted octanol–water partition coefficient (Wildman–Crippen LogP) is 1.40. The van der Waals surface area contributed by atoms with E-state index in [0.29, 0.717) is 6.10 Å². The van der Waals surface area contributed by atoms with Crippen molar-refractivity contribution >= 4 is 28.3 Å². The van der Waals surface area contributed by atoms with E-state index < -0.39 is 0 Å². The smallest absolute Gasteiger partial charge is 0.133 e. The van der Waals surface area contributed by atoms with Crippen LogP contribution >= 0.6 is 24.0 Å². The molecule has 1 saturated heterocycles. The molecular formula is C7H13NOS2. The van der Waals surface area contributed by atoms with Gasteiger partial charge in [-0.1, -0.05) is 12.2 Å². The van der Waals surface area contributed by atoms with E-state index in [9.17, 15) is 0 Å². The van der Waals surface area contributed by atoms with Gasteiger partial charge in [0.2, 0.25) is 0 Å². The van der Waals surface area contributed by atoms with Gasteiger partial charge in [0.1, 0.15) is 4.32 Å². The molecule has 0 radical (unpaired) electrons. The van der Waals surface area contributed by atoms with E-state index >= 15 is 0 Å². The van der Waals surface area contributed by atoms with Crippen LogP contribution in [0.1, 0.15) is 12.8 Å². The van der Waals surface area contributed by atoms with Crippen LogP contribution in [0.5, 0.6) is 0 Å². The number of hydrogen-bond donors (Lipinski definition) is 1. The lowest BCUT2D eigenvalue weighted by atomic mass is 10.2. The Hall–Kier alpha value is 0.200. The van der Waals surface area contributed by atoms with Crippen molar-refractivity contribution in [3.05, 3.63) is 0 Å². The Morgan fingerprint density at radius 1 is 1.82 bits per heavy atom. The fraction of sp³-hybridized carbons (Fsp3) is 0.857. The summed E-state index contributed by atoms with van der Waals surface area (Å²) in [7, 11) is 0. The van der Waals surface area contributed by atoms with Crippen molar-refractivity contribution in [3.8, 4) is 0 Å². The molecule has 1 heterocycles. The average Bonchev–Trinajstić information content (AvgIpc) is 2.52. The lowest BCUT2D eigenvalue weighted by molar-refractivity contribution is 0.114. The summed E-state index contributed by atoms with van der Waals surface area (Å²) in [6.07, 6.45) is 4.73. The van der Waals surface area contributed by atoms with Gasteiger partial charge in [0.15, 0.2) is 0 Å². The summed E-state index contributed by atoms with van der Waals surface area (Å²) in [5.41, 5.74) is 0. The van der Waals surface area contributed by atoms with Gasteiger partial charge < -0.3 is 10.1 Å². The molecule has 11 heavy (non-hydrogen) atoms. The molecule has 1 N–H and O–H groups in total. The highest BCUT2D eigenvalue weighted by Crippen LogP contribution is 2.10. The first kappa shape index (κ1) is 9.29. The molecule has 1 unspecified atom stereocenters. The zero-order chi connectivity index (χ0) is 8.10. The highest BCUT2D eigenvalue weighted by atomic mass is 32.2. The normalized spacial score (nSPS) is 23.5. The van der Waals surface area contributed by atoms with Crippen LogP contribution in [-0.2, 0) is 4.74 Å². The van der Waals surface area contributed by atoms with Crippen LogP contribution in [0.3, 0.4) is 0 Å². The largest absolute Gasteiger partial charge is 0.376 e. The molecule has 1 fully saturated rings. The first-order chi connectivity index (χ1) is 5.33. The van der Waals surface area contributed by atoms with Gasteiger partial charge in [0.05, 0.1) is 6.10 Å². The lowest BCUT2D eigenvalue weighted by Gasteiger charge is -2.10. The summed E-state index contributed by atoms with van der Waals surface area (Å²) in [5.74, 6) is 0. The third kappa shape index (κ3) is 3.40. The van der Waals surface area contributed by atoms with Crippen LogP contribution in [0, 0.1) is 0 Å². The summed E-state index contributed by atoms with van der Waals surface area (Å²) in [6, 6.07) is 0. The first-order valence-corrected chi connectivity index (χ1v) is 5.39. The number of rotatable bonds is 2. The van der Waals surface area contributed by atoms with Crippen LogP contribution in [-0.4, -0.2) is 29.8 Å². The Kier molecular flexibility index (Phi) is 4.18. The van der Waals surface area contributed by atoms with Gasteiger partial charge in [-0.25, -0.2) is 0 Å². The highest BCUT2D eigenvalue weighted by molar-refractivity contribution is 8.22. The van der Waals surface area contributed by atoms with Gasteiger partial charge in [-0.15, -0.1) is 11.8 Å². The van der Waals surface area contributed by atoms with Crippen LogP contribution in [0.2, 0.25) is 0 Å². The second-order valence-electron chi connectivity index (χ2n) is 2.51. The Balaban J connectivity index is 2.06. The molecule has 0 aromatic rings. The van der Waals surface area contributed by atoms with Gasteiger partial charge in [-0.3, -0.25) is 0 Å². The van der Waals surface area contributed by atoms with Crippen molar-refractivity contribution in [2.75, 3.05) is 19.4 Å². The number of hydrogen-bond acceptors (Lipinski definition) is 3. The van der Waals surface area contributed by atoms with Gasteiger partial charge in [-0.05, 0) is 19.1 Å². The fourth-order valence-electron chi connectivity index (χ4n) is 1.07. The maximum Gasteiger partial charge on any atom is 0.133 e. The van der Waals surface area contributed by atoms with Gasteiger partial charge in [0.25, 0.3) is 0 Å². The standard InChI is InChI=1S/C7H13NOS2/c1-11-7(10)8-5-6-3-2-4-9-6/h6H,2-5H2,1H3,(H,8,10). The third-order valence-corrected chi connectivity index (χ3v) is 2.84. The summed E-state index contributed by atoms with van der Waals surface area (Å²) in [4.78, 5) is 0. The molecular weight excluding hydrogens is 178 g/mol. The molecule has 0 bridgehead atoms. The molecule has 1 aliphatic rings. The molecule has 0 aromatic carbocycles. The zero-order valence-electron chi connectivity index (χ0n) is 6.63. The zero-order valence-corrected chi connectivity index (χ0v) is 8.26. The predicted molar refractivity (Wildman–Crippen MR) is 53.1 cm³/mol. The Bertz CT molecular complexity index is 134. The van der Waals surface area contributed by atoms with E-state index in [0.717, 1.165) is 17.5 Å². The molecule has 0 amide bonds. The second kappa shape index (κ2) is 4.95. The Morgan fingerprint density at radius 3 is 3.18 bits per heavy atom. The molecule has 0 aliphatic carbocycles. The summed E-state index contributed by atoms with van der Waals surface area (Å²) in [6.45, 7) is 1.79. The fourth-order valence-corrected chi connectivity index (χ4v) is 1.39. The average molecular weight is 191 g/mol. The number of ether oxygens (including phenoxy) is 1. The molecule has 0 aromatic heterocycles. The molecule has 2 nitrogen and oxygen atoms in total. The van der Waals surface area contributed by atoms with E-state index in [1.807, 2.05) is 6.26 Å². The quantitative estimate of drug-likeness (QED) is 0.666. The van der Waals surface area contributed by atoms with Crippen molar-refractivity contribution in [3.63, 3.8) is 0 Å². The summed E-state index contributed by atoms with van der Waals surface area (Å²) in [5, 5.41) is 3.14. The van der Waals surface area contributed by atoms with Crippen molar-refractivity contribution in [2.45, 2.75) is 18.9 Å². The lowest BCUT2D eigenvalue weighted by Crippen LogP contribution is -2.28. The highest BCUT2D eigenvalue weighted by Gasteiger charge is 2.14. The van der Waals surface area contributed by atoms with Crippen molar-refractivity contribution < 1.29 is 4.74 Å². The molecule has 4 heteroatoms. The second-order valence-corrected chi connectivity index (χ2v) is 3.99. The number of thiocarbonyl (C=S) groups is 1. The topological polar surface area (TPSA) is 21.3 Å². The van der Waals surface area contributed by atoms with E-state index in [1.165, 1.54) is 12.8 Å². The van der Waals surface area contributed by atoms with Gasteiger partial charge >= 0.3 is 0 Å². The van der Waals surface area contributed by atoms with Crippen LogP contribution in [0.15, 0.2) is 0 Å². The molecule has 64 valence electrons. The van der Waals surface area contributed by atoms with Crippen molar-refractivity contribution in [1.82, 2.24) is 5.32 Å². The van der Waals surface area contributed by atoms with Crippen LogP contribution in [0.4, 0.5) is 0 Å². The Morgan fingerprint density at radius 2 is 2.64 bits per heavy atom. The van der Waals surface area contributed by atoms with E-state index in [2.05, 4.69) is 5.32 Å². The molecule has 1 rings (SSSR count). The monoisotopic (exact) mass is 191 g/mol. The molecule has 1 aliphatic heterocycles. The van der Waals surface area contributed by atoms with Crippen molar-refractivity contribution in [1.29, 1.82) is 0 Å². The maximum atomic E-state index is 5.42. The molecule has 1 atom stereocenters. The van der Waals surface area contributed by atoms with Gasteiger partial charge in [-0.2, -0.15) is 0 Å².